The van der Waals surface area contributed by atoms with E-state index in [-0.39, 0.29) is 31.1 Å². The summed E-state index contributed by atoms with van der Waals surface area (Å²) in [6.45, 7) is 4.13. The van der Waals surface area contributed by atoms with Crippen molar-refractivity contribution in [1.29, 1.82) is 0 Å². The first-order valence-electron chi connectivity index (χ1n) is 17.4. The molecule has 2 aromatic carbocycles. The lowest BCUT2D eigenvalue weighted by Crippen LogP contribution is -2.12. The summed E-state index contributed by atoms with van der Waals surface area (Å²) in [6.07, 6.45) is 7.67. The van der Waals surface area contributed by atoms with Gasteiger partial charge in [-0.2, -0.15) is 18.5 Å². The molecule has 2 fully saturated rings. The molecule has 5 aromatic heterocycles. The van der Waals surface area contributed by atoms with Crippen LogP contribution < -0.4 is 16.4 Å². The van der Waals surface area contributed by atoms with Gasteiger partial charge in [-0.05, 0) is 97.8 Å². The number of rotatable bonds is 10. The Morgan fingerprint density at radius 3 is 1.80 bits per heavy atom. The van der Waals surface area contributed by atoms with Gasteiger partial charge in [0.25, 0.3) is 5.89 Å². The summed E-state index contributed by atoms with van der Waals surface area (Å²) in [5.41, 5.74) is 8.58. The Bertz CT molecular complexity index is 2370. The van der Waals surface area contributed by atoms with Crippen LogP contribution in [0.2, 0.25) is 0 Å². The normalized spacial score (nSPS) is 14.8. The van der Waals surface area contributed by atoms with Gasteiger partial charge in [0, 0.05) is 29.5 Å². The SMILES string of the molecule is C[C@H](Nc1ncnc2sccc12)c1ccc(-c2nc(C3CC3)no2)cc1.C[C@H](Nc1ncnc2sccc12)c1ccc(C(=O)O)cc1.N/C(=N\O)C1CC1.S. The van der Waals surface area contributed by atoms with E-state index in [1.165, 1.54) is 12.8 Å². The Hall–Kier alpha value is -5.65. The van der Waals surface area contributed by atoms with Crippen molar-refractivity contribution in [3.63, 3.8) is 0 Å². The van der Waals surface area contributed by atoms with Crippen LogP contribution >= 0.6 is 36.2 Å². The number of oxime groups is 1. The number of fused-ring (bicyclic) bond motifs is 2. The fourth-order valence-corrected chi connectivity index (χ4v) is 7.00. The molecule has 9 rings (SSSR count). The fraction of sp³-hybridized carbons (Fsp3) is 0.263. The lowest BCUT2D eigenvalue weighted by Gasteiger charge is -2.15. The summed E-state index contributed by atoms with van der Waals surface area (Å²) >= 11 is 3.19. The monoisotopic (exact) mass is 796 g/mol. The number of hydrogen-bond acceptors (Lipinski definition) is 14. The first kappa shape index (κ1) is 39.1. The second-order valence-corrected chi connectivity index (χ2v) is 14.8. The van der Waals surface area contributed by atoms with Crippen molar-refractivity contribution in [3.05, 3.63) is 107 Å². The number of hydrogen-bond donors (Lipinski definition) is 5. The van der Waals surface area contributed by atoms with Crippen LogP contribution in [0.5, 0.6) is 0 Å². The highest BCUT2D eigenvalue weighted by Gasteiger charge is 2.29. The highest BCUT2D eigenvalue weighted by Crippen LogP contribution is 2.39. The molecule has 55 heavy (non-hydrogen) atoms. The van der Waals surface area contributed by atoms with Gasteiger partial charge in [0.15, 0.2) is 5.82 Å². The van der Waals surface area contributed by atoms with Crippen LogP contribution in [0.4, 0.5) is 11.6 Å². The molecule has 6 N–H and O–H groups in total. The number of nitrogens with one attached hydrogen (secondary N) is 2. The third kappa shape index (κ3) is 9.72. The number of amidine groups is 1. The molecule has 2 atom stereocenters. The van der Waals surface area contributed by atoms with Crippen LogP contribution in [-0.4, -0.2) is 52.2 Å². The number of benzene rings is 2. The molecule has 0 amide bonds. The minimum Gasteiger partial charge on any atom is -0.478 e. The number of carbonyl (C=O) groups is 1. The number of anilines is 2. The van der Waals surface area contributed by atoms with Gasteiger partial charge in [0.1, 0.15) is 39.8 Å². The Balaban J connectivity index is 0.000000159. The predicted molar refractivity (Wildman–Crippen MR) is 221 cm³/mol. The van der Waals surface area contributed by atoms with E-state index in [9.17, 15) is 4.79 Å². The summed E-state index contributed by atoms with van der Waals surface area (Å²) in [5.74, 6) is 3.44. The second kappa shape index (κ2) is 17.7. The zero-order valence-electron chi connectivity index (χ0n) is 30.0. The van der Waals surface area contributed by atoms with Gasteiger partial charge < -0.3 is 31.2 Å². The molecule has 14 nitrogen and oxygen atoms in total. The highest BCUT2D eigenvalue weighted by molar-refractivity contribution is 7.59. The topological polar surface area (TPSA) is 210 Å². The van der Waals surface area contributed by atoms with Crippen molar-refractivity contribution < 1.29 is 19.6 Å². The van der Waals surface area contributed by atoms with Crippen LogP contribution in [0.25, 0.3) is 31.9 Å². The molecule has 5 heterocycles. The lowest BCUT2D eigenvalue weighted by molar-refractivity contribution is 0.0697. The third-order valence-electron chi connectivity index (χ3n) is 9.04. The number of nitrogens with zero attached hydrogens (tertiary/aromatic N) is 7. The Morgan fingerprint density at radius 1 is 0.818 bits per heavy atom. The van der Waals surface area contributed by atoms with Crippen molar-refractivity contribution in [1.82, 2.24) is 30.1 Å². The standard InChI is InChI=1S/C19H17N5OS.C15H13N3O2S.C4H8N2O.H2S/c1-11(22-17-15-8-9-26-19(15)21-10-20-17)12-2-6-14(7-3-12)18-23-16(24-25-18)13-4-5-13;1-9(10-2-4-11(5-3-10)15(19)20)18-13-12-6-7-21-14(12)17-8-16-13;5-4(6-7)3-1-2-3;/h2-3,6-11,13H,4-5H2,1H3,(H,20,21,22);2-9H,1H3,(H,19,20)(H,16,17,18);3,7H,1-2H2,(H2,5,6);1H2/t11-;9-;;/m00../s1. The Morgan fingerprint density at radius 2 is 1.35 bits per heavy atom. The first-order valence-corrected chi connectivity index (χ1v) is 19.2. The van der Waals surface area contributed by atoms with Gasteiger partial charge >= 0.3 is 5.97 Å². The van der Waals surface area contributed by atoms with Gasteiger partial charge in [-0.3, -0.25) is 0 Å². The average molecular weight is 797 g/mol. The van der Waals surface area contributed by atoms with Crippen LogP contribution in [0.1, 0.15) is 84.8 Å². The maximum Gasteiger partial charge on any atom is 0.335 e. The summed E-state index contributed by atoms with van der Waals surface area (Å²) in [6, 6.07) is 19.2. The van der Waals surface area contributed by atoms with Crippen molar-refractivity contribution in [2.45, 2.75) is 57.5 Å². The molecule has 17 heteroatoms. The first-order chi connectivity index (χ1) is 26.3. The molecule has 7 aromatic rings. The average Bonchev–Trinajstić information content (AvgIpc) is 4.07. The van der Waals surface area contributed by atoms with Gasteiger partial charge in [0.05, 0.1) is 16.3 Å². The molecule has 0 bridgehead atoms. The molecule has 2 aliphatic rings. The van der Waals surface area contributed by atoms with E-state index in [4.69, 9.17) is 20.6 Å². The summed E-state index contributed by atoms with van der Waals surface area (Å²) in [4.78, 5) is 34.5. The minimum absolute atomic E-state index is 0. The summed E-state index contributed by atoms with van der Waals surface area (Å²) in [5, 5.41) is 36.7. The van der Waals surface area contributed by atoms with E-state index < -0.39 is 5.97 Å². The molecule has 2 saturated carbocycles. The number of carboxylic acids is 1. The second-order valence-electron chi connectivity index (χ2n) is 13.0. The zero-order chi connectivity index (χ0) is 37.6. The lowest BCUT2D eigenvalue weighted by atomic mass is 10.1. The van der Waals surface area contributed by atoms with E-state index in [0.717, 1.165) is 67.4 Å². The zero-order valence-corrected chi connectivity index (χ0v) is 32.6. The van der Waals surface area contributed by atoms with Crippen LogP contribution in [-0.2, 0) is 0 Å². The van der Waals surface area contributed by atoms with E-state index in [0.29, 0.717) is 23.6 Å². The largest absolute Gasteiger partial charge is 0.478 e. The van der Waals surface area contributed by atoms with Crippen molar-refractivity contribution in [2.24, 2.45) is 16.8 Å². The number of aromatic nitrogens is 6. The van der Waals surface area contributed by atoms with Crippen LogP contribution in [0.3, 0.4) is 0 Å². The van der Waals surface area contributed by atoms with Gasteiger partial charge in [0.2, 0.25) is 0 Å². The molecule has 0 spiro atoms. The molecule has 2 aliphatic carbocycles. The van der Waals surface area contributed by atoms with E-state index in [1.54, 1.807) is 47.5 Å². The molecule has 0 unspecified atom stereocenters. The van der Waals surface area contributed by atoms with Crippen molar-refractivity contribution in [2.75, 3.05) is 10.6 Å². The Labute approximate surface area is 331 Å². The van der Waals surface area contributed by atoms with Crippen LogP contribution in [0.15, 0.2) is 93.8 Å². The molecular formula is C38H40N10O4S3. The number of carboxylic acid groups (broad SMARTS) is 1. The molecule has 0 saturated heterocycles. The Kier molecular flexibility index (Phi) is 12.5. The maximum atomic E-state index is 10.9. The smallest absolute Gasteiger partial charge is 0.335 e. The van der Waals surface area contributed by atoms with E-state index >= 15 is 0 Å². The number of nitrogens with two attached hydrogens (primary N) is 1. The van der Waals surface area contributed by atoms with Crippen molar-refractivity contribution >= 4 is 80.0 Å². The fourth-order valence-electron chi connectivity index (χ4n) is 5.54. The highest BCUT2D eigenvalue weighted by atomic mass is 32.1. The number of aromatic carboxylic acids is 1. The summed E-state index contributed by atoms with van der Waals surface area (Å²) < 4.78 is 5.39. The van der Waals surface area contributed by atoms with Gasteiger partial charge in [-0.15, -0.1) is 22.7 Å². The van der Waals surface area contributed by atoms with Gasteiger partial charge in [-0.25, -0.2) is 24.7 Å². The molecule has 0 aliphatic heterocycles. The van der Waals surface area contributed by atoms with Crippen LogP contribution in [0, 0.1) is 5.92 Å². The van der Waals surface area contributed by atoms with Crippen molar-refractivity contribution in [3.8, 4) is 11.5 Å². The third-order valence-corrected chi connectivity index (χ3v) is 10.7. The molecule has 0 radical (unpaired) electrons. The van der Waals surface area contributed by atoms with E-state index in [1.807, 2.05) is 54.1 Å². The van der Waals surface area contributed by atoms with Gasteiger partial charge in [-0.1, -0.05) is 34.6 Å². The molecular weight excluding hydrogens is 757 g/mol. The predicted octanol–water partition coefficient (Wildman–Crippen LogP) is 8.61. The maximum absolute atomic E-state index is 10.9. The quantitative estimate of drug-likeness (QED) is 0.0380. The number of thiophene rings is 2. The summed E-state index contributed by atoms with van der Waals surface area (Å²) in [7, 11) is 0. The molecule has 284 valence electrons. The minimum atomic E-state index is -0.919. The van der Waals surface area contributed by atoms with E-state index in [2.05, 4.69) is 64.9 Å².